The van der Waals surface area contributed by atoms with E-state index in [1.165, 1.54) is 30.1 Å². The number of rotatable bonds is 7. The van der Waals surface area contributed by atoms with Crippen LogP contribution in [0.2, 0.25) is 0 Å². The van der Waals surface area contributed by atoms with Crippen LogP contribution < -0.4 is 15.0 Å². The molecule has 0 amide bonds. The van der Waals surface area contributed by atoms with Gasteiger partial charge in [0.15, 0.2) is 0 Å². The third kappa shape index (κ3) is 5.11. The van der Waals surface area contributed by atoms with Gasteiger partial charge in [-0.15, -0.1) is 0 Å². The topological polar surface area (TPSA) is 106 Å². The van der Waals surface area contributed by atoms with E-state index in [0.717, 1.165) is 22.4 Å². The lowest BCUT2D eigenvalue weighted by molar-refractivity contribution is 0.415. The number of benzene rings is 3. The van der Waals surface area contributed by atoms with Gasteiger partial charge in [0.05, 0.1) is 23.3 Å². The van der Waals surface area contributed by atoms with Crippen molar-refractivity contribution in [3.8, 4) is 11.4 Å². The van der Waals surface area contributed by atoms with E-state index in [9.17, 15) is 13.2 Å². The fraction of sp³-hybridized carbons (Fsp3) is 0.185. The minimum Gasteiger partial charge on any atom is -0.494 e. The summed E-state index contributed by atoms with van der Waals surface area (Å²) in [6.45, 7) is 7.73. The molecule has 0 aliphatic heterocycles. The Bertz CT molecular complexity index is 1610. The first-order valence-corrected chi connectivity index (χ1v) is 12.8. The number of nitrogens with one attached hydrogen (secondary N) is 2. The quantitative estimate of drug-likeness (QED) is 0.347. The molecule has 2 N–H and O–H groups in total. The van der Waals surface area contributed by atoms with Gasteiger partial charge < -0.3 is 4.74 Å². The predicted molar refractivity (Wildman–Crippen MR) is 143 cm³/mol. The van der Waals surface area contributed by atoms with Gasteiger partial charge in [0.25, 0.3) is 15.6 Å². The third-order valence-electron chi connectivity index (χ3n) is 5.96. The number of anilines is 1. The Balaban J connectivity index is 1.63. The molecule has 4 rings (SSSR count). The predicted octanol–water partition coefficient (Wildman–Crippen LogP) is 4.96. The molecule has 0 radical (unpaired) electrons. The van der Waals surface area contributed by atoms with Gasteiger partial charge in [-0.2, -0.15) is 0 Å². The van der Waals surface area contributed by atoms with Crippen LogP contribution >= 0.6 is 0 Å². The van der Waals surface area contributed by atoms with Gasteiger partial charge in [-0.25, -0.2) is 13.1 Å². The van der Waals surface area contributed by atoms with E-state index in [4.69, 9.17) is 4.74 Å². The summed E-state index contributed by atoms with van der Waals surface area (Å²) in [7, 11) is -2.39. The standard InChI is InChI=1S/C27H28N4O4S/c1-17-6-9-21(10-7-17)30-36(33,34)23-12-13-25(26(15-23)35-5)28-16-24-20(4)29-31(27(24)32)22-11-8-18(2)19(3)14-22/h6-16,29-30H,1-5H3. The van der Waals surface area contributed by atoms with E-state index in [2.05, 4.69) is 14.8 Å². The summed E-state index contributed by atoms with van der Waals surface area (Å²) in [5.74, 6) is 0.265. The Morgan fingerprint density at radius 1 is 0.944 bits per heavy atom. The van der Waals surface area contributed by atoms with E-state index in [1.54, 1.807) is 25.1 Å². The zero-order valence-electron chi connectivity index (χ0n) is 20.8. The minimum absolute atomic E-state index is 0.0359. The fourth-order valence-electron chi connectivity index (χ4n) is 3.66. The molecule has 0 spiro atoms. The van der Waals surface area contributed by atoms with E-state index < -0.39 is 10.0 Å². The van der Waals surface area contributed by atoms with Crippen molar-refractivity contribution in [2.45, 2.75) is 32.6 Å². The van der Waals surface area contributed by atoms with Crippen molar-refractivity contribution in [1.82, 2.24) is 9.78 Å². The molecule has 1 heterocycles. The van der Waals surface area contributed by atoms with Crippen LogP contribution in [0.4, 0.5) is 11.4 Å². The minimum atomic E-state index is -3.83. The van der Waals surface area contributed by atoms with Crippen LogP contribution in [0.1, 0.15) is 27.9 Å². The molecule has 0 aliphatic rings. The van der Waals surface area contributed by atoms with Crippen LogP contribution in [-0.4, -0.2) is 31.5 Å². The molecule has 0 atom stereocenters. The number of aromatic amines is 1. The molecular weight excluding hydrogens is 476 g/mol. The number of aliphatic imine (C=N–C) groups is 1. The number of ether oxygens (including phenoxy) is 1. The molecule has 0 saturated carbocycles. The van der Waals surface area contributed by atoms with E-state index >= 15 is 0 Å². The summed E-state index contributed by atoms with van der Waals surface area (Å²) in [6.07, 6.45) is 1.46. The second-order valence-electron chi connectivity index (χ2n) is 8.62. The van der Waals surface area contributed by atoms with Gasteiger partial charge in [-0.1, -0.05) is 23.8 Å². The lowest BCUT2D eigenvalue weighted by atomic mass is 10.1. The molecule has 36 heavy (non-hydrogen) atoms. The fourth-order valence-corrected chi connectivity index (χ4v) is 4.73. The molecule has 0 unspecified atom stereocenters. The van der Waals surface area contributed by atoms with E-state index in [0.29, 0.717) is 22.6 Å². The van der Waals surface area contributed by atoms with Crippen LogP contribution in [0.5, 0.6) is 5.75 Å². The largest absolute Gasteiger partial charge is 0.494 e. The Morgan fingerprint density at radius 3 is 2.33 bits per heavy atom. The number of aryl methyl sites for hydroxylation is 4. The summed E-state index contributed by atoms with van der Waals surface area (Å²) < 4.78 is 35.2. The lowest BCUT2D eigenvalue weighted by Gasteiger charge is -2.11. The average Bonchev–Trinajstić information content (AvgIpc) is 3.13. The Labute approximate surface area is 210 Å². The highest BCUT2D eigenvalue weighted by Crippen LogP contribution is 2.31. The number of methoxy groups -OCH3 is 1. The number of hydrogen-bond acceptors (Lipinski definition) is 5. The maximum atomic E-state index is 13.1. The first kappa shape index (κ1) is 25.0. The SMILES string of the molecule is COc1cc(S(=O)(=O)Nc2ccc(C)cc2)ccc1N=Cc1c(C)[nH]n(-c2ccc(C)c(C)c2)c1=O. The van der Waals surface area contributed by atoms with Crippen LogP contribution in [0.25, 0.3) is 5.69 Å². The van der Waals surface area contributed by atoms with Gasteiger partial charge in [0.2, 0.25) is 0 Å². The highest BCUT2D eigenvalue weighted by Gasteiger charge is 2.17. The Hall–Kier alpha value is -4.11. The first-order valence-electron chi connectivity index (χ1n) is 11.3. The van der Waals surface area contributed by atoms with Crippen molar-refractivity contribution in [2.24, 2.45) is 4.99 Å². The summed E-state index contributed by atoms with van der Waals surface area (Å²) in [5, 5.41) is 3.09. The highest BCUT2D eigenvalue weighted by atomic mass is 32.2. The zero-order chi connectivity index (χ0) is 26.0. The molecule has 186 valence electrons. The van der Waals surface area contributed by atoms with E-state index in [-0.39, 0.29) is 16.2 Å². The van der Waals surface area contributed by atoms with Crippen molar-refractivity contribution >= 4 is 27.6 Å². The van der Waals surface area contributed by atoms with Crippen LogP contribution in [0.3, 0.4) is 0 Å². The number of nitrogens with zero attached hydrogens (tertiary/aromatic N) is 2. The summed E-state index contributed by atoms with van der Waals surface area (Å²) in [6, 6.07) is 17.2. The lowest BCUT2D eigenvalue weighted by Crippen LogP contribution is -2.17. The van der Waals surface area contributed by atoms with Crippen molar-refractivity contribution < 1.29 is 13.2 Å². The van der Waals surface area contributed by atoms with Crippen LogP contribution in [0, 0.1) is 27.7 Å². The average molecular weight is 505 g/mol. The summed E-state index contributed by atoms with van der Waals surface area (Å²) in [5.41, 5.74) is 5.66. The number of hydrogen-bond donors (Lipinski definition) is 2. The van der Waals surface area contributed by atoms with Gasteiger partial charge in [0.1, 0.15) is 11.4 Å². The van der Waals surface area contributed by atoms with Crippen molar-refractivity contribution in [3.05, 3.63) is 99.0 Å². The second kappa shape index (κ2) is 9.87. The first-order chi connectivity index (χ1) is 17.1. The summed E-state index contributed by atoms with van der Waals surface area (Å²) >= 11 is 0. The molecule has 8 nitrogen and oxygen atoms in total. The number of sulfonamides is 1. The third-order valence-corrected chi connectivity index (χ3v) is 7.34. The number of H-pyrrole nitrogens is 1. The molecule has 3 aromatic carbocycles. The van der Waals surface area contributed by atoms with Crippen molar-refractivity contribution in [3.63, 3.8) is 0 Å². The molecule has 1 aromatic heterocycles. The maximum Gasteiger partial charge on any atom is 0.280 e. The second-order valence-corrected chi connectivity index (χ2v) is 10.3. The maximum absolute atomic E-state index is 13.1. The molecule has 0 fully saturated rings. The van der Waals surface area contributed by atoms with Gasteiger partial charge in [0, 0.05) is 23.7 Å². The van der Waals surface area contributed by atoms with Gasteiger partial charge in [-0.3, -0.25) is 19.6 Å². The van der Waals surface area contributed by atoms with Gasteiger partial charge in [-0.05, 0) is 75.2 Å². The van der Waals surface area contributed by atoms with Crippen LogP contribution in [-0.2, 0) is 10.0 Å². The van der Waals surface area contributed by atoms with Crippen molar-refractivity contribution in [2.75, 3.05) is 11.8 Å². The monoisotopic (exact) mass is 504 g/mol. The molecule has 0 saturated heterocycles. The normalized spacial score (nSPS) is 11.7. The molecule has 4 aromatic rings. The van der Waals surface area contributed by atoms with Crippen LogP contribution in [0.15, 0.2) is 75.3 Å². The smallest absolute Gasteiger partial charge is 0.280 e. The Kier molecular flexibility index (Phi) is 6.85. The van der Waals surface area contributed by atoms with Crippen molar-refractivity contribution in [1.29, 1.82) is 0 Å². The number of aromatic nitrogens is 2. The van der Waals surface area contributed by atoms with Gasteiger partial charge >= 0.3 is 0 Å². The highest BCUT2D eigenvalue weighted by molar-refractivity contribution is 7.92. The van der Waals surface area contributed by atoms with E-state index in [1.807, 2.05) is 51.1 Å². The zero-order valence-corrected chi connectivity index (χ0v) is 21.6. The molecular formula is C27H28N4O4S. The summed E-state index contributed by atoms with van der Waals surface area (Å²) in [4.78, 5) is 17.5. The molecule has 9 heteroatoms. The molecule has 0 aliphatic carbocycles. The molecule has 0 bridgehead atoms. The Morgan fingerprint density at radius 2 is 1.67 bits per heavy atom.